The van der Waals surface area contributed by atoms with Crippen LogP contribution in [0.15, 0.2) is 12.7 Å². The van der Waals surface area contributed by atoms with Gasteiger partial charge in [0.2, 0.25) is 0 Å². The highest BCUT2D eigenvalue weighted by Gasteiger charge is 2.45. The van der Waals surface area contributed by atoms with Crippen molar-refractivity contribution in [2.24, 2.45) is 5.73 Å². The lowest BCUT2D eigenvalue weighted by Crippen LogP contribution is -2.55. The third kappa shape index (κ3) is 2.59. The average molecular weight is 230 g/mol. The zero-order valence-electron chi connectivity index (χ0n) is 9.25. The Labute approximate surface area is 93.6 Å². The third-order valence-corrected chi connectivity index (χ3v) is 2.37. The number of carboxylic acids is 1. The third-order valence-electron chi connectivity index (χ3n) is 2.37. The molecule has 92 valence electrons. The second kappa shape index (κ2) is 4.50. The largest absolute Gasteiger partial charge is 0.548 e. The average Bonchev–Trinajstić information content (AvgIpc) is 2.51. The van der Waals surface area contributed by atoms with Gasteiger partial charge in [0.05, 0.1) is 12.0 Å². The minimum Gasteiger partial charge on any atom is -0.548 e. The highest BCUT2D eigenvalue weighted by Crippen LogP contribution is 2.30. The van der Waals surface area contributed by atoms with E-state index in [9.17, 15) is 15.0 Å². The smallest absolute Gasteiger partial charge is 0.164 e. The van der Waals surface area contributed by atoms with Crippen LogP contribution in [0.3, 0.4) is 0 Å². The summed E-state index contributed by atoms with van der Waals surface area (Å²) in [4.78, 5) is 10.5. The van der Waals surface area contributed by atoms with Crippen molar-refractivity contribution >= 4 is 5.97 Å². The Morgan fingerprint density at radius 1 is 1.62 bits per heavy atom. The van der Waals surface area contributed by atoms with Gasteiger partial charge in [-0.1, -0.05) is 6.08 Å². The van der Waals surface area contributed by atoms with Crippen molar-refractivity contribution < 1.29 is 24.5 Å². The fraction of sp³-hybridized carbons (Fsp3) is 0.700. The predicted octanol–water partition coefficient (Wildman–Crippen LogP) is -1.87. The monoisotopic (exact) mass is 230 g/mol. The van der Waals surface area contributed by atoms with Gasteiger partial charge >= 0.3 is 0 Å². The second-order valence-corrected chi connectivity index (χ2v) is 4.14. The van der Waals surface area contributed by atoms with Crippen LogP contribution in [0.1, 0.15) is 13.8 Å². The van der Waals surface area contributed by atoms with Crippen LogP contribution in [0, 0.1) is 0 Å². The van der Waals surface area contributed by atoms with Gasteiger partial charge in [0.15, 0.2) is 5.79 Å². The first-order valence-electron chi connectivity index (χ1n) is 4.91. The summed E-state index contributed by atoms with van der Waals surface area (Å²) in [5, 5.41) is 20.3. The molecule has 0 saturated carbocycles. The number of carboxylic acid groups (broad SMARTS) is 1. The zero-order chi connectivity index (χ0) is 12.5. The number of carbonyl (C=O) groups is 1. The first kappa shape index (κ1) is 13.1. The molecule has 1 aliphatic heterocycles. The van der Waals surface area contributed by atoms with Crippen LogP contribution in [-0.2, 0) is 14.3 Å². The summed E-state index contributed by atoms with van der Waals surface area (Å²) >= 11 is 0. The van der Waals surface area contributed by atoms with Crippen molar-refractivity contribution in [3.63, 3.8) is 0 Å². The SMILES string of the molecule is C=C[C@@H]1OC(C)(C)O[C@@H]1[C@H](O)[C@@H](N)C(=O)[O-]. The maximum Gasteiger partial charge on any atom is 0.164 e. The molecule has 0 aromatic carbocycles. The molecule has 16 heavy (non-hydrogen) atoms. The van der Waals surface area contributed by atoms with Crippen molar-refractivity contribution in [2.45, 2.75) is 44.0 Å². The molecule has 0 amide bonds. The van der Waals surface area contributed by atoms with E-state index in [2.05, 4.69) is 6.58 Å². The zero-order valence-corrected chi connectivity index (χ0v) is 9.25. The number of hydrogen-bond acceptors (Lipinski definition) is 6. The van der Waals surface area contributed by atoms with Crippen LogP contribution in [0.5, 0.6) is 0 Å². The molecule has 0 unspecified atom stereocenters. The molecular formula is C10H16NO5-. The van der Waals surface area contributed by atoms with Gasteiger partial charge in [-0.25, -0.2) is 0 Å². The molecule has 1 rings (SSSR count). The number of aliphatic carboxylic acids is 1. The summed E-state index contributed by atoms with van der Waals surface area (Å²) < 4.78 is 10.8. The van der Waals surface area contributed by atoms with E-state index in [1.54, 1.807) is 13.8 Å². The summed E-state index contributed by atoms with van der Waals surface area (Å²) in [7, 11) is 0. The molecule has 0 aromatic heterocycles. The van der Waals surface area contributed by atoms with Gasteiger partial charge in [-0.2, -0.15) is 0 Å². The molecule has 6 nitrogen and oxygen atoms in total. The van der Waals surface area contributed by atoms with E-state index in [-0.39, 0.29) is 0 Å². The minimum atomic E-state index is -1.54. The van der Waals surface area contributed by atoms with Crippen molar-refractivity contribution in [3.05, 3.63) is 12.7 Å². The van der Waals surface area contributed by atoms with Crippen LogP contribution in [0.25, 0.3) is 0 Å². The van der Waals surface area contributed by atoms with E-state index in [1.165, 1.54) is 6.08 Å². The van der Waals surface area contributed by atoms with E-state index in [4.69, 9.17) is 15.2 Å². The lowest BCUT2D eigenvalue weighted by Gasteiger charge is -2.26. The van der Waals surface area contributed by atoms with Gasteiger partial charge in [0, 0.05) is 0 Å². The Morgan fingerprint density at radius 3 is 2.62 bits per heavy atom. The number of hydrogen-bond donors (Lipinski definition) is 2. The molecule has 0 aromatic rings. The van der Waals surface area contributed by atoms with Crippen molar-refractivity contribution in [2.75, 3.05) is 0 Å². The Kier molecular flexibility index (Phi) is 3.69. The molecular weight excluding hydrogens is 214 g/mol. The van der Waals surface area contributed by atoms with E-state index in [0.717, 1.165) is 0 Å². The van der Waals surface area contributed by atoms with Crippen LogP contribution < -0.4 is 10.8 Å². The Balaban J connectivity index is 2.79. The molecule has 3 N–H and O–H groups in total. The van der Waals surface area contributed by atoms with Crippen molar-refractivity contribution in [1.29, 1.82) is 0 Å². The lowest BCUT2D eigenvalue weighted by molar-refractivity contribution is -0.310. The number of rotatable bonds is 4. The van der Waals surface area contributed by atoms with E-state index < -0.39 is 36.1 Å². The van der Waals surface area contributed by atoms with Crippen LogP contribution in [-0.4, -0.2) is 41.2 Å². The Hall–Kier alpha value is -0.950. The van der Waals surface area contributed by atoms with Crippen LogP contribution in [0.2, 0.25) is 0 Å². The van der Waals surface area contributed by atoms with Crippen LogP contribution >= 0.6 is 0 Å². The maximum atomic E-state index is 10.5. The summed E-state index contributed by atoms with van der Waals surface area (Å²) in [6, 6.07) is -1.52. The molecule has 0 radical (unpaired) electrons. The minimum absolute atomic E-state index is 0.601. The molecule has 0 bridgehead atoms. The van der Waals surface area contributed by atoms with Gasteiger partial charge < -0.3 is 30.2 Å². The van der Waals surface area contributed by atoms with Gasteiger partial charge in [0.25, 0.3) is 0 Å². The fourth-order valence-corrected chi connectivity index (χ4v) is 1.61. The van der Waals surface area contributed by atoms with Crippen molar-refractivity contribution in [3.8, 4) is 0 Å². The predicted molar refractivity (Wildman–Crippen MR) is 53.0 cm³/mol. The number of ether oxygens (including phenoxy) is 2. The topological polar surface area (TPSA) is 105 Å². The van der Waals surface area contributed by atoms with Gasteiger partial charge in [0.1, 0.15) is 18.3 Å². The van der Waals surface area contributed by atoms with Crippen molar-refractivity contribution in [1.82, 2.24) is 0 Å². The molecule has 4 atom stereocenters. The van der Waals surface area contributed by atoms with Crippen LogP contribution in [0.4, 0.5) is 0 Å². The molecule has 6 heteroatoms. The highest BCUT2D eigenvalue weighted by atomic mass is 16.8. The van der Waals surface area contributed by atoms with Gasteiger partial charge in [-0.3, -0.25) is 0 Å². The Morgan fingerprint density at radius 2 is 2.19 bits per heavy atom. The summed E-state index contributed by atoms with van der Waals surface area (Å²) in [6.07, 6.45) is -1.43. The second-order valence-electron chi connectivity index (χ2n) is 4.14. The Bertz CT molecular complexity index is 291. The van der Waals surface area contributed by atoms with E-state index in [1.807, 2.05) is 0 Å². The molecule has 1 saturated heterocycles. The summed E-state index contributed by atoms with van der Waals surface area (Å²) in [5.41, 5.74) is 5.26. The number of aliphatic hydroxyl groups is 1. The quantitative estimate of drug-likeness (QED) is 0.548. The molecule has 1 heterocycles. The van der Waals surface area contributed by atoms with Gasteiger partial charge in [-0.05, 0) is 13.8 Å². The van der Waals surface area contributed by atoms with E-state index in [0.29, 0.717) is 0 Å². The number of aliphatic hydroxyl groups excluding tert-OH is 1. The molecule has 1 aliphatic rings. The van der Waals surface area contributed by atoms with Gasteiger partial charge in [-0.15, -0.1) is 6.58 Å². The molecule has 0 aliphatic carbocycles. The first-order valence-corrected chi connectivity index (χ1v) is 4.91. The summed E-state index contributed by atoms with van der Waals surface area (Å²) in [5.74, 6) is -2.44. The highest BCUT2D eigenvalue weighted by molar-refractivity contribution is 5.71. The number of nitrogens with two attached hydrogens (primary N) is 1. The lowest BCUT2D eigenvalue weighted by atomic mass is 10.0. The normalized spacial score (nSPS) is 32.0. The first-order chi connectivity index (χ1) is 7.28. The summed E-state index contributed by atoms with van der Waals surface area (Å²) in [6.45, 7) is 6.83. The maximum absolute atomic E-state index is 10.5. The van der Waals surface area contributed by atoms with E-state index >= 15 is 0 Å². The fourth-order valence-electron chi connectivity index (χ4n) is 1.61. The number of carbonyl (C=O) groups excluding carboxylic acids is 1. The molecule has 0 spiro atoms. The standard InChI is InChI=1S/C10H17NO5/c1-4-5-8(16-10(2,3)15-5)7(12)6(11)9(13)14/h4-8,12H,1,11H2,2-3H3,(H,13,14)/p-1/t5-,6+,7+,8-/m0/s1. The molecule has 1 fully saturated rings.